The Balaban J connectivity index is 1.64. The number of allylic oxidation sites excluding steroid dienone is 6. The van der Waals surface area contributed by atoms with Crippen LogP contribution in [-0.2, 0) is 0 Å². The van der Waals surface area contributed by atoms with E-state index in [-0.39, 0.29) is 6.04 Å². The average Bonchev–Trinajstić information content (AvgIpc) is 2.68. The van der Waals surface area contributed by atoms with Gasteiger partial charge in [0, 0.05) is 18.8 Å². The van der Waals surface area contributed by atoms with Crippen molar-refractivity contribution in [2.75, 3.05) is 13.1 Å². The highest BCUT2D eigenvalue weighted by atomic mass is 16.3. The van der Waals surface area contributed by atoms with E-state index < -0.39 is 6.10 Å². The first-order valence-corrected chi connectivity index (χ1v) is 9.44. The van der Waals surface area contributed by atoms with Gasteiger partial charge in [0.1, 0.15) is 0 Å². The summed E-state index contributed by atoms with van der Waals surface area (Å²) in [6.07, 6.45) is 17.7. The van der Waals surface area contributed by atoms with Gasteiger partial charge in [-0.2, -0.15) is 0 Å². The van der Waals surface area contributed by atoms with E-state index in [0.717, 1.165) is 43.5 Å². The zero-order valence-corrected chi connectivity index (χ0v) is 15.6. The van der Waals surface area contributed by atoms with Crippen molar-refractivity contribution in [1.29, 1.82) is 0 Å². The first-order valence-electron chi connectivity index (χ1n) is 9.44. The molecule has 140 valence electrons. The normalized spacial score (nSPS) is 17.3. The highest BCUT2D eigenvalue weighted by molar-refractivity contribution is 5.71. The average molecular weight is 354 g/mol. The Kier molecular flexibility index (Phi) is 9.04. The van der Waals surface area contributed by atoms with E-state index in [2.05, 4.69) is 46.8 Å². The molecule has 1 aliphatic rings. The predicted molar refractivity (Wildman–Crippen MR) is 110 cm³/mol. The van der Waals surface area contributed by atoms with Crippen LogP contribution in [0, 0.1) is 0 Å². The van der Waals surface area contributed by atoms with Crippen LogP contribution in [0.4, 0.5) is 0 Å². The lowest BCUT2D eigenvalue weighted by Crippen LogP contribution is -2.42. The van der Waals surface area contributed by atoms with E-state index in [1.165, 1.54) is 5.57 Å². The molecule has 0 aromatic carbocycles. The van der Waals surface area contributed by atoms with Gasteiger partial charge in [-0.3, -0.25) is 4.98 Å². The molecule has 1 heterocycles. The lowest BCUT2D eigenvalue weighted by Gasteiger charge is -2.21. The maximum absolute atomic E-state index is 10.2. The number of pyridine rings is 1. The zero-order chi connectivity index (χ0) is 18.6. The molecule has 2 atom stereocenters. The predicted octanol–water partition coefficient (Wildman–Crippen LogP) is 3.38. The summed E-state index contributed by atoms with van der Waals surface area (Å²) < 4.78 is 0. The maximum atomic E-state index is 10.2. The van der Waals surface area contributed by atoms with E-state index in [4.69, 9.17) is 5.73 Å². The Morgan fingerprint density at radius 1 is 1.42 bits per heavy atom. The minimum absolute atomic E-state index is 0.213. The smallest absolute Gasteiger partial charge is 0.0818 e. The second-order valence-electron chi connectivity index (χ2n) is 6.58. The fourth-order valence-corrected chi connectivity index (χ4v) is 2.92. The Labute approximate surface area is 157 Å². The number of nitrogens with one attached hydrogen (secondary N) is 1. The van der Waals surface area contributed by atoms with Crippen LogP contribution < -0.4 is 11.1 Å². The van der Waals surface area contributed by atoms with Crippen molar-refractivity contribution in [3.8, 4) is 0 Å². The fraction of sp³-hybridized carbons (Fsp3) is 0.409. The van der Waals surface area contributed by atoms with Crippen molar-refractivity contribution >= 4 is 5.57 Å². The summed E-state index contributed by atoms with van der Waals surface area (Å²) in [7, 11) is 0. The first-order chi connectivity index (χ1) is 12.7. The third kappa shape index (κ3) is 7.08. The van der Waals surface area contributed by atoms with Crippen LogP contribution in [0.25, 0.3) is 5.57 Å². The number of hydrogen-bond acceptors (Lipinski definition) is 4. The molecule has 0 saturated carbocycles. The highest BCUT2D eigenvalue weighted by Crippen LogP contribution is 2.17. The summed E-state index contributed by atoms with van der Waals surface area (Å²) in [6, 6.07) is 5.70. The van der Waals surface area contributed by atoms with Crippen molar-refractivity contribution in [2.24, 2.45) is 5.73 Å². The SMILES string of the molecule is C/C=C(\C=C/CCNCC(O)C(N)CC1=CC=CCC1)c1ccccn1. The summed E-state index contributed by atoms with van der Waals surface area (Å²) in [4.78, 5) is 4.36. The number of nitrogens with zero attached hydrogens (tertiary/aromatic N) is 1. The molecule has 0 fully saturated rings. The fourth-order valence-electron chi connectivity index (χ4n) is 2.92. The minimum atomic E-state index is -0.523. The van der Waals surface area contributed by atoms with Crippen molar-refractivity contribution in [1.82, 2.24) is 10.3 Å². The second-order valence-corrected chi connectivity index (χ2v) is 6.58. The number of rotatable bonds is 10. The minimum Gasteiger partial charge on any atom is -0.390 e. The number of hydrogen-bond donors (Lipinski definition) is 3. The molecule has 4 nitrogen and oxygen atoms in total. The molecule has 0 bridgehead atoms. The van der Waals surface area contributed by atoms with Crippen LogP contribution in [0.15, 0.2) is 66.4 Å². The molecule has 0 amide bonds. The van der Waals surface area contributed by atoms with Gasteiger partial charge in [0.25, 0.3) is 0 Å². The lowest BCUT2D eigenvalue weighted by atomic mass is 9.96. The van der Waals surface area contributed by atoms with Gasteiger partial charge in [0.15, 0.2) is 0 Å². The van der Waals surface area contributed by atoms with Gasteiger partial charge in [-0.1, -0.05) is 48.1 Å². The largest absolute Gasteiger partial charge is 0.390 e. The summed E-state index contributed by atoms with van der Waals surface area (Å²) in [5.41, 5.74) is 9.55. The van der Waals surface area contributed by atoms with Crippen LogP contribution in [0.2, 0.25) is 0 Å². The van der Waals surface area contributed by atoms with Crippen molar-refractivity contribution < 1.29 is 5.11 Å². The molecule has 1 aromatic heterocycles. The molecule has 2 rings (SSSR count). The Morgan fingerprint density at radius 2 is 2.31 bits per heavy atom. The van der Waals surface area contributed by atoms with Crippen molar-refractivity contribution in [3.63, 3.8) is 0 Å². The molecule has 0 spiro atoms. The topological polar surface area (TPSA) is 71.2 Å². The summed E-state index contributed by atoms with van der Waals surface area (Å²) >= 11 is 0. The summed E-state index contributed by atoms with van der Waals surface area (Å²) in [6.45, 7) is 3.35. The van der Waals surface area contributed by atoms with E-state index >= 15 is 0 Å². The van der Waals surface area contributed by atoms with E-state index in [9.17, 15) is 5.11 Å². The first kappa shape index (κ1) is 20.3. The van der Waals surface area contributed by atoms with Gasteiger partial charge in [0.05, 0.1) is 11.8 Å². The molecule has 0 aliphatic heterocycles. The van der Waals surface area contributed by atoms with Gasteiger partial charge >= 0.3 is 0 Å². The standard InChI is InChI=1S/C22H31N3O/c1-2-19(21-13-7-9-15-25-21)12-6-8-14-24-17-22(26)20(23)16-18-10-4-3-5-11-18/h2-4,6-7,9-10,12-13,15,20,22,24,26H,5,8,11,14,16-17,23H2,1H3/b12-6-,19-2+. The van der Waals surface area contributed by atoms with Crippen LogP contribution in [-0.4, -0.2) is 35.3 Å². The zero-order valence-electron chi connectivity index (χ0n) is 15.6. The van der Waals surface area contributed by atoms with E-state index in [1.807, 2.05) is 25.1 Å². The third-order valence-corrected chi connectivity index (χ3v) is 4.50. The number of aromatic nitrogens is 1. The monoisotopic (exact) mass is 353 g/mol. The molecule has 4 heteroatoms. The summed E-state index contributed by atoms with van der Waals surface area (Å²) in [5, 5.41) is 13.5. The molecule has 1 aromatic rings. The highest BCUT2D eigenvalue weighted by Gasteiger charge is 2.16. The summed E-state index contributed by atoms with van der Waals surface area (Å²) in [5.74, 6) is 0. The van der Waals surface area contributed by atoms with E-state index in [0.29, 0.717) is 6.54 Å². The number of aliphatic hydroxyl groups is 1. The van der Waals surface area contributed by atoms with Gasteiger partial charge in [-0.25, -0.2) is 0 Å². The second kappa shape index (κ2) is 11.6. The van der Waals surface area contributed by atoms with Gasteiger partial charge in [-0.05, 0) is 56.9 Å². The third-order valence-electron chi connectivity index (χ3n) is 4.50. The lowest BCUT2D eigenvalue weighted by molar-refractivity contribution is 0.142. The molecular weight excluding hydrogens is 322 g/mol. The van der Waals surface area contributed by atoms with Crippen LogP contribution >= 0.6 is 0 Å². The van der Waals surface area contributed by atoms with E-state index in [1.54, 1.807) is 6.20 Å². The maximum Gasteiger partial charge on any atom is 0.0818 e. The van der Waals surface area contributed by atoms with Gasteiger partial charge in [-0.15, -0.1) is 0 Å². The number of nitrogens with two attached hydrogens (primary N) is 1. The Hall–Kier alpha value is -2.01. The Morgan fingerprint density at radius 3 is 3.00 bits per heavy atom. The van der Waals surface area contributed by atoms with Crippen LogP contribution in [0.3, 0.4) is 0 Å². The quantitative estimate of drug-likeness (QED) is 0.445. The molecular formula is C22H31N3O. The van der Waals surface area contributed by atoms with Gasteiger partial charge < -0.3 is 16.2 Å². The number of aliphatic hydroxyl groups excluding tert-OH is 1. The van der Waals surface area contributed by atoms with Gasteiger partial charge in [0.2, 0.25) is 0 Å². The Bertz CT molecular complexity index is 647. The van der Waals surface area contributed by atoms with Crippen LogP contribution in [0.5, 0.6) is 0 Å². The van der Waals surface area contributed by atoms with Crippen LogP contribution in [0.1, 0.15) is 38.3 Å². The molecule has 4 N–H and O–H groups in total. The molecule has 0 radical (unpaired) electrons. The van der Waals surface area contributed by atoms with Crippen molar-refractivity contribution in [3.05, 3.63) is 72.1 Å². The molecule has 1 aliphatic carbocycles. The molecule has 26 heavy (non-hydrogen) atoms. The molecule has 0 saturated heterocycles. The molecule has 2 unspecified atom stereocenters. The van der Waals surface area contributed by atoms with Crippen molar-refractivity contribution in [2.45, 2.75) is 44.8 Å².